The molecule has 0 amide bonds. The molecule has 1 aliphatic rings. The fraction of sp³-hybridized carbons (Fsp3) is 0.263. The Labute approximate surface area is 141 Å². The summed E-state index contributed by atoms with van der Waals surface area (Å²) in [4.78, 5) is 2.22. The number of hydrogen-bond acceptors (Lipinski definition) is 4. The van der Waals surface area contributed by atoms with Gasteiger partial charge in [-0.15, -0.1) is 5.10 Å². The predicted molar refractivity (Wildman–Crippen MR) is 92.8 cm³/mol. The molecule has 1 saturated heterocycles. The third kappa shape index (κ3) is 3.03. The zero-order valence-electron chi connectivity index (χ0n) is 13.7. The molecule has 122 valence electrons. The standard InChI is InChI=1S/C19H20N4O/c1-15-7-9-16(10-8-15)13-22-14-18(20-21-22)19-23(11-12-24-19)17-5-3-2-4-6-17/h2-10,14,19H,11-13H2,1H3. The highest BCUT2D eigenvalue weighted by atomic mass is 16.5. The zero-order chi connectivity index (χ0) is 16.4. The van der Waals surface area contributed by atoms with Gasteiger partial charge in [-0.3, -0.25) is 0 Å². The first-order valence-electron chi connectivity index (χ1n) is 8.18. The van der Waals surface area contributed by atoms with Crippen LogP contribution in [-0.2, 0) is 11.3 Å². The van der Waals surface area contributed by atoms with Gasteiger partial charge in [-0.25, -0.2) is 4.68 Å². The molecule has 0 spiro atoms. The largest absolute Gasteiger partial charge is 0.350 e. The van der Waals surface area contributed by atoms with Gasteiger partial charge in [0.25, 0.3) is 0 Å². The van der Waals surface area contributed by atoms with E-state index in [2.05, 4.69) is 58.5 Å². The molecule has 0 bridgehead atoms. The average Bonchev–Trinajstić information content (AvgIpc) is 3.27. The molecule has 5 heteroatoms. The molecule has 0 radical (unpaired) electrons. The summed E-state index contributed by atoms with van der Waals surface area (Å²) in [5.74, 6) is 0. The molecule has 4 rings (SSSR count). The lowest BCUT2D eigenvalue weighted by Gasteiger charge is -2.23. The van der Waals surface area contributed by atoms with E-state index in [-0.39, 0.29) is 6.23 Å². The summed E-state index contributed by atoms with van der Waals surface area (Å²) in [5, 5.41) is 8.60. The van der Waals surface area contributed by atoms with Crippen molar-refractivity contribution in [2.45, 2.75) is 19.7 Å². The maximum absolute atomic E-state index is 5.90. The molecule has 3 aromatic rings. The van der Waals surface area contributed by atoms with Gasteiger partial charge in [-0.05, 0) is 24.6 Å². The van der Waals surface area contributed by atoms with Crippen molar-refractivity contribution in [3.8, 4) is 0 Å². The number of benzene rings is 2. The SMILES string of the molecule is Cc1ccc(Cn2cc(C3OCCN3c3ccccc3)nn2)cc1. The Morgan fingerprint density at radius 1 is 1.08 bits per heavy atom. The van der Waals surface area contributed by atoms with E-state index in [4.69, 9.17) is 4.74 Å². The summed E-state index contributed by atoms with van der Waals surface area (Å²) in [5.41, 5.74) is 4.47. The second kappa shape index (κ2) is 6.45. The predicted octanol–water partition coefficient (Wildman–Crippen LogP) is 3.17. The summed E-state index contributed by atoms with van der Waals surface area (Å²) < 4.78 is 7.76. The fourth-order valence-electron chi connectivity index (χ4n) is 2.98. The third-order valence-electron chi connectivity index (χ3n) is 4.25. The van der Waals surface area contributed by atoms with E-state index >= 15 is 0 Å². The maximum Gasteiger partial charge on any atom is 0.177 e. The first kappa shape index (κ1) is 14.9. The van der Waals surface area contributed by atoms with Gasteiger partial charge >= 0.3 is 0 Å². The fourth-order valence-corrected chi connectivity index (χ4v) is 2.98. The molecule has 2 aromatic carbocycles. The van der Waals surface area contributed by atoms with Crippen LogP contribution in [0.5, 0.6) is 0 Å². The minimum atomic E-state index is -0.167. The molecule has 1 aliphatic heterocycles. The van der Waals surface area contributed by atoms with Crippen molar-refractivity contribution < 1.29 is 4.74 Å². The molecule has 0 N–H and O–H groups in total. The molecule has 5 nitrogen and oxygen atoms in total. The van der Waals surface area contributed by atoms with E-state index in [1.165, 1.54) is 11.1 Å². The van der Waals surface area contributed by atoms with Crippen molar-refractivity contribution in [2.24, 2.45) is 0 Å². The minimum absolute atomic E-state index is 0.167. The lowest BCUT2D eigenvalue weighted by molar-refractivity contribution is 0.110. The Bertz CT molecular complexity index is 798. The van der Waals surface area contributed by atoms with Gasteiger partial charge in [0.1, 0.15) is 5.69 Å². The third-order valence-corrected chi connectivity index (χ3v) is 4.25. The number of hydrogen-bond donors (Lipinski definition) is 0. The lowest BCUT2D eigenvalue weighted by atomic mass is 10.1. The second-order valence-corrected chi connectivity index (χ2v) is 6.08. The molecule has 2 heterocycles. The van der Waals surface area contributed by atoms with Crippen molar-refractivity contribution in [2.75, 3.05) is 18.1 Å². The van der Waals surface area contributed by atoms with Crippen LogP contribution < -0.4 is 4.90 Å². The Morgan fingerprint density at radius 3 is 2.67 bits per heavy atom. The van der Waals surface area contributed by atoms with E-state index in [0.29, 0.717) is 13.2 Å². The van der Waals surface area contributed by atoms with Crippen LogP contribution in [0.4, 0.5) is 5.69 Å². The summed E-state index contributed by atoms with van der Waals surface area (Å²) in [6.07, 6.45) is 1.81. The number of nitrogens with zero attached hydrogens (tertiary/aromatic N) is 4. The summed E-state index contributed by atoms with van der Waals surface area (Å²) >= 11 is 0. The van der Waals surface area contributed by atoms with Gasteiger partial charge in [-0.2, -0.15) is 0 Å². The van der Waals surface area contributed by atoms with Crippen molar-refractivity contribution in [3.05, 3.63) is 77.6 Å². The van der Waals surface area contributed by atoms with Gasteiger partial charge in [0.05, 0.1) is 19.3 Å². The van der Waals surface area contributed by atoms with Gasteiger partial charge in [-0.1, -0.05) is 53.2 Å². The van der Waals surface area contributed by atoms with Crippen LogP contribution in [-0.4, -0.2) is 28.1 Å². The topological polar surface area (TPSA) is 43.2 Å². The van der Waals surface area contributed by atoms with Crippen molar-refractivity contribution >= 4 is 5.69 Å². The van der Waals surface area contributed by atoms with Crippen LogP contribution in [0.3, 0.4) is 0 Å². The van der Waals surface area contributed by atoms with Crippen LogP contribution in [0.1, 0.15) is 23.0 Å². The second-order valence-electron chi connectivity index (χ2n) is 6.08. The van der Waals surface area contributed by atoms with Crippen molar-refractivity contribution in [3.63, 3.8) is 0 Å². The normalized spacial score (nSPS) is 17.4. The van der Waals surface area contributed by atoms with Crippen molar-refractivity contribution in [1.82, 2.24) is 15.0 Å². The maximum atomic E-state index is 5.90. The summed E-state index contributed by atoms with van der Waals surface area (Å²) in [6.45, 7) is 4.36. The quantitative estimate of drug-likeness (QED) is 0.740. The highest BCUT2D eigenvalue weighted by Gasteiger charge is 2.29. The van der Waals surface area contributed by atoms with E-state index in [1.807, 2.05) is 29.1 Å². The lowest BCUT2D eigenvalue weighted by Crippen LogP contribution is -2.23. The van der Waals surface area contributed by atoms with Crippen LogP contribution in [0, 0.1) is 6.92 Å². The van der Waals surface area contributed by atoms with E-state index in [9.17, 15) is 0 Å². The molecule has 0 saturated carbocycles. The molecule has 0 aliphatic carbocycles. The molecule has 1 atom stereocenters. The number of aromatic nitrogens is 3. The van der Waals surface area contributed by atoms with Crippen LogP contribution in [0.2, 0.25) is 0 Å². The van der Waals surface area contributed by atoms with Crippen molar-refractivity contribution in [1.29, 1.82) is 0 Å². The average molecular weight is 320 g/mol. The number of rotatable bonds is 4. The molecule has 1 unspecified atom stereocenters. The summed E-state index contributed by atoms with van der Waals surface area (Å²) in [7, 11) is 0. The summed E-state index contributed by atoms with van der Waals surface area (Å²) in [6, 6.07) is 18.8. The number of aryl methyl sites for hydroxylation is 1. The Hall–Kier alpha value is -2.66. The smallest absolute Gasteiger partial charge is 0.177 e. The Balaban J connectivity index is 1.52. The monoisotopic (exact) mass is 320 g/mol. The number of anilines is 1. The van der Waals surface area contributed by atoms with Gasteiger partial charge in [0, 0.05) is 12.2 Å². The van der Waals surface area contributed by atoms with Crippen LogP contribution in [0.25, 0.3) is 0 Å². The Kier molecular flexibility index (Phi) is 4.01. The number of ether oxygens (including phenoxy) is 1. The zero-order valence-corrected chi connectivity index (χ0v) is 13.7. The Morgan fingerprint density at radius 2 is 1.88 bits per heavy atom. The van der Waals surface area contributed by atoms with Crippen LogP contribution >= 0.6 is 0 Å². The van der Waals surface area contributed by atoms with E-state index < -0.39 is 0 Å². The van der Waals surface area contributed by atoms with Crippen LogP contribution in [0.15, 0.2) is 60.8 Å². The first-order valence-corrected chi connectivity index (χ1v) is 8.18. The van der Waals surface area contributed by atoms with E-state index in [1.54, 1.807) is 0 Å². The molecule has 1 aromatic heterocycles. The molecular weight excluding hydrogens is 300 g/mol. The highest BCUT2D eigenvalue weighted by molar-refractivity contribution is 5.48. The molecular formula is C19H20N4O. The minimum Gasteiger partial charge on any atom is -0.350 e. The molecule has 1 fully saturated rings. The highest BCUT2D eigenvalue weighted by Crippen LogP contribution is 2.30. The van der Waals surface area contributed by atoms with Gasteiger partial charge in [0.15, 0.2) is 6.23 Å². The first-order chi connectivity index (χ1) is 11.8. The van der Waals surface area contributed by atoms with Gasteiger partial charge < -0.3 is 9.64 Å². The molecule has 24 heavy (non-hydrogen) atoms. The van der Waals surface area contributed by atoms with E-state index in [0.717, 1.165) is 17.9 Å². The number of para-hydroxylation sites is 1. The van der Waals surface area contributed by atoms with Gasteiger partial charge in [0.2, 0.25) is 0 Å².